The van der Waals surface area contributed by atoms with Gasteiger partial charge in [-0.15, -0.1) is 0 Å². The van der Waals surface area contributed by atoms with Gasteiger partial charge in [-0.1, -0.05) is 32.6 Å². The number of ether oxygens (including phenoxy) is 2. The van der Waals surface area contributed by atoms with Gasteiger partial charge in [0, 0.05) is 0 Å². The number of benzene rings is 1. The van der Waals surface area contributed by atoms with E-state index in [1.54, 1.807) is 0 Å². The van der Waals surface area contributed by atoms with Gasteiger partial charge in [-0.05, 0) is 51.9 Å². The van der Waals surface area contributed by atoms with Gasteiger partial charge in [0.1, 0.15) is 0 Å². The minimum absolute atomic E-state index is 0.258. The fourth-order valence-electron chi connectivity index (χ4n) is 3.56. The Morgan fingerprint density at radius 1 is 1.30 bits per heavy atom. The van der Waals surface area contributed by atoms with Gasteiger partial charge in [0.2, 0.25) is 6.79 Å². The van der Waals surface area contributed by atoms with E-state index in [4.69, 9.17) is 9.47 Å². The van der Waals surface area contributed by atoms with Crippen LogP contribution in [-0.2, 0) is 0 Å². The average molecular weight is 341 g/mol. The van der Waals surface area contributed by atoms with Crippen molar-refractivity contribution < 1.29 is 14.6 Å². The van der Waals surface area contributed by atoms with Crippen LogP contribution in [0.2, 0.25) is 0 Å². The minimum Gasteiger partial charge on any atom is -0.454 e. The van der Waals surface area contributed by atoms with Crippen molar-refractivity contribution in [3.63, 3.8) is 0 Å². The molecule has 1 aromatic carbocycles. The van der Waals surface area contributed by atoms with Crippen LogP contribution in [0.3, 0.4) is 0 Å². The van der Waals surface area contributed by atoms with Crippen LogP contribution in [0.5, 0.6) is 11.5 Å². The van der Waals surface area contributed by atoms with Gasteiger partial charge in [-0.3, -0.25) is 0 Å². The lowest BCUT2D eigenvalue weighted by molar-refractivity contribution is 0.0450. The molecule has 1 N–H and O–H groups in total. The van der Waals surface area contributed by atoms with Crippen molar-refractivity contribution in [2.45, 2.75) is 45.1 Å². The molecule has 1 saturated carbocycles. The molecule has 3 unspecified atom stereocenters. The molecule has 3 atom stereocenters. The van der Waals surface area contributed by atoms with E-state index < -0.39 is 6.10 Å². The van der Waals surface area contributed by atoms with Crippen LogP contribution < -0.4 is 9.47 Å². The maximum Gasteiger partial charge on any atom is 0.231 e. The molecule has 1 fully saturated rings. The Hall–Kier alpha value is -0.740. The highest BCUT2D eigenvalue weighted by Gasteiger charge is 2.32. The van der Waals surface area contributed by atoms with E-state index in [9.17, 15) is 5.11 Å². The average Bonchev–Trinajstić information content (AvgIpc) is 2.95. The van der Waals surface area contributed by atoms with Crippen molar-refractivity contribution in [3.05, 3.63) is 22.2 Å². The summed E-state index contributed by atoms with van der Waals surface area (Å²) in [5, 5.41) is 10.8. The quantitative estimate of drug-likeness (QED) is 0.884. The molecule has 0 bridgehead atoms. The Bertz CT molecular complexity index is 489. The lowest BCUT2D eigenvalue weighted by Crippen LogP contribution is -2.25. The molecule has 0 aromatic heterocycles. The van der Waals surface area contributed by atoms with E-state index in [1.807, 2.05) is 12.1 Å². The first-order valence-electron chi connectivity index (χ1n) is 7.47. The van der Waals surface area contributed by atoms with Crippen LogP contribution in [0.1, 0.15) is 50.7 Å². The summed E-state index contributed by atoms with van der Waals surface area (Å²) in [4.78, 5) is 0. The van der Waals surface area contributed by atoms with E-state index in [2.05, 4.69) is 22.9 Å². The zero-order chi connectivity index (χ0) is 14.1. The van der Waals surface area contributed by atoms with Crippen molar-refractivity contribution >= 4 is 15.9 Å². The molecule has 110 valence electrons. The van der Waals surface area contributed by atoms with Gasteiger partial charge < -0.3 is 14.6 Å². The molecule has 20 heavy (non-hydrogen) atoms. The lowest BCUT2D eigenvalue weighted by Gasteiger charge is -2.34. The zero-order valence-electron chi connectivity index (χ0n) is 11.8. The summed E-state index contributed by atoms with van der Waals surface area (Å²) in [5.74, 6) is 2.47. The molecule has 0 spiro atoms. The van der Waals surface area contributed by atoms with Gasteiger partial charge in [0.05, 0.1) is 10.6 Å². The third-order valence-electron chi connectivity index (χ3n) is 4.69. The molecule has 0 radical (unpaired) electrons. The Labute approximate surface area is 128 Å². The minimum atomic E-state index is -0.411. The van der Waals surface area contributed by atoms with Crippen molar-refractivity contribution in [2.24, 2.45) is 11.8 Å². The van der Waals surface area contributed by atoms with Crippen LogP contribution in [0.4, 0.5) is 0 Å². The fourth-order valence-corrected chi connectivity index (χ4v) is 4.14. The molecule has 0 amide bonds. The smallest absolute Gasteiger partial charge is 0.231 e. The summed E-state index contributed by atoms with van der Waals surface area (Å²) >= 11 is 3.51. The summed E-state index contributed by atoms with van der Waals surface area (Å²) in [6.07, 6.45) is 5.62. The first kappa shape index (κ1) is 14.2. The highest BCUT2D eigenvalue weighted by molar-refractivity contribution is 9.10. The fraction of sp³-hybridized carbons (Fsp3) is 0.625. The Morgan fingerprint density at radius 3 is 2.90 bits per heavy atom. The molecule has 1 aliphatic carbocycles. The number of hydrogen-bond donors (Lipinski definition) is 1. The van der Waals surface area contributed by atoms with Gasteiger partial charge in [0.25, 0.3) is 0 Å². The topological polar surface area (TPSA) is 38.7 Å². The van der Waals surface area contributed by atoms with E-state index in [-0.39, 0.29) is 6.79 Å². The SMILES string of the molecule is CCC1CCCCC1C(O)c1cc(Br)c2c(c1)OCO2. The van der Waals surface area contributed by atoms with Gasteiger partial charge >= 0.3 is 0 Å². The summed E-state index contributed by atoms with van der Waals surface area (Å²) in [5.41, 5.74) is 0.937. The lowest BCUT2D eigenvalue weighted by atomic mass is 9.73. The molecule has 1 heterocycles. The standard InChI is InChI=1S/C16H21BrO3/c1-2-10-5-3-4-6-12(10)15(18)11-7-13(17)16-14(8-11)19-9-20-16/h7-8,10,12,15,18H,2-6,9H2,1H3. The second-order valence-corrected chi connectivity index (χ2v) is 6.65. The molecule has 0 saturated heterocycles. The number of aliphatic hydroxyl groups is 1. The molecule has 1 aromatic rings. The summed E-state index contributed by atoms with van der Waals surface area (Å²) in [6, 6.07) is 3.90. The summed E-state index contributed by atoms with van der Waals surface area (Å²) in [7, 11) is 0. The van der Waals surface area contributed by atoms with Crippen molar-refractivity contribution in [2.75, 3.05) is 6.79 Å². The molecule has 1 aliphatic heterocycles. The maximum atomic E-state index is 10.8. The third kappa shape index (κ3) is 2.56. The molecule has 2 aliphatic rings. The Morgan fingerprint density at radius 2 is 2.10 bits per heavy atom. The predicted octanol–water partition coefficient (Wildman–Crippen LogP) is 4.43. The number of fused-ring (bicyclic) bond motifs is 1. The van der Waals surface area contributed by atoms with Crippen LogP contribution in [0.15, 0.2) is 16.6 Å². The van der Waals surface area contributed by atoms with Gasteiger partial charge in [0.15, 0.2) is 11.5 Å². The zero-order valence-corrected chi connectivity index (χ0v) is 13.4. The normalized spacial score (nSPS) is 26.6. The molecular weight excluding hydrogens is 320 g/mol. The molecule has 3 rings (SSSR count). The monoisotopic (exact) mass is 340 g/mol. The van der Waals surface area contributed by atoms with Crippen LogP contribution in [0.25, 0.3) is 0 Å². The molecular formula is C16H21BrO3. The number of halogens is 1. The highest BCUT2D eigenvalue weighted by Crippen LogP contribution is 2.45. The molecule has 4 heteroatoms. The van der Waals surface area contributed by atoms with Crippen LogP contribution >= 0.6 is 15.9 Å². The van der Waals surface area contributed by atoms with E-state index in [0.717, 1.165) is 34.4 Å². The number of rotatable bonds is 3. The first-order valence-corrected chi connectivity index (χ1v) is 8.27. The van der Waals surface area contributed by atoms with E-state index in [1.165, 1.54) is 19.3 Å². The van der Waals surface area contributed by atoms with Crippen molar-refractivity contribution in [1.29, 1.82) is 0 Å². The third-order valence-corrected chi connectivity index (χ3v) is 5.28. The molecule has 3 nitrogen and oxygen atoms in total. The highest BCUT2D eigenvalue weighted by atomic mass is 79.9. The Kier molecular flexibility index (Phi) is 4.22. The summed E-state index contributed by atoms with van der Waals surface area (Å²) in [6.45, 7) is 2.49. The number of aliphatic hydroxyl groups excluding tert-OH is 1. The van der Waals surface area contributed by atoms with Crippen LogP contribution in [-0.4, -0.2) is 11.9 Å². The van der Waals surface area contributed by atoms with E-state index in [0.29, 0.717) is 11.8 Å². The van der Waals surface area contributed by atoms with Gasteiger partial charge in [-0.2, -0.15) is 0 Å². The predicted molar refractivity (Wildman–Crippen MR) is 81.0 cm³/mol. The van der Waals surface area contributed by atoms with E-state index >= 15 is 0 Å². The second-order valence-electron chi connectivity index (χ2n) is 5.80. The Balaban J connectivity index is 1.86. The van der Waals surface area contributed by atoms with Crippen LogP contribution in [0, 0.1) is 11.8 Å². The summed E-state index contributed by atoms with van der Waals surface area (Å²) < 4.78 is 11.7. The largest absolute Gasteiger partial charge is 0.454 e. The first-order chi connectivity index (χ1) is 9.70. The maximum absolute atomic E-state index is 10.8. The van der Waals surface area contributed by atoms with Crippen molar-refractivity contribution in [1.82, 2.24) is 0 Å². The second kappa shape index (κ2) is 5.94. The number of hydrogen-bond acceptors (Lipinski definition) is 3. The van der Waals surface area contributed by atoms with Crippen molar-refractivity contribution in [3.8, 4) is 11.5 Å². The van der Waals surface area contributed by atoms with Gasteiger partial charge in [-0.25, -0.2) is 0 Å².